The summed E-state index contributed by atoms with van der Waals surface area (Å²) in [6.07, 6.45) is 3.11. The van der Waals surface area contributed by atoms with Crippen LogP contribution in [0.15, 0.2) is 48.8 Å². The summed E-state index contributed by atoms with van der Waals surface area (Å²) in [6.45, 7) is 2.28. The van der Waals surface area contributed by atoms with Crippen molar-refractivity contribution in [3.63, 3.8) is 0 Å². The van der Waals surface area contributed by atoms with Crippen molar-refractivity contribution in [2.75, 3.05) is 38.5 Å². The van der Waals surface area contributed by atoms with Crippen LogP contribution >= 0.6 is 11.6 Å². The number of hydrogen-bond acceptors (Lipinski definition) is 8. The first kappa shape index (κ1) is 30.3. The molecule has 16 heteroatoms. The van der Waals surface area contributed by atoms with Gasteiger partial charge in [-0.15, -0.1) is 5.10 Å². The number of H-pyrrole nitrogens is 1. The van der Waals surface area contributed by atoms with Gasteiger partial charge in [0.2, 0.25) is 17.7 Å². The zero-order chi connectivity index (χ0) is 31.4. The van der Waals surface area contributed by atoms with Crippen LogP contribution in [0.3, 0.4) is 0 Å². The lowest BCUT2D eigenvalue weighted by Gasteiger charge is -2.33. The van der Waals surface area contributed by atoms with Gasteiger partial charge in [0.15, 0.2) is 5.82 Å². The summed E-state index contributed by atoms with van der Waals surface area (Å²) in [5, 5.41) is 25.7. The minimum atomic E-state index is -1.29. The normalized spacial score (nSPS) is 14.6. The maximum absolute atomic E-state index is 15.0. The van der Waals surface area contributed by atoms with Gasteiger partial charge in [-0.3, -0.25) is 14.4 Å². The molecule has 1 aliphatic rings. The predicted octanol–water partition coefficient (Wildman–Crippen LogP) is 1.94. The first-order valence-electron chi connectivity index (χ1n) is 13.4. The number of carbonyl (C=O) groups is 4. The maximum atomic E-state index is 15.0. The van der Waals surface area contributed by atoms with Crippen molar-refractivity contribution in [2.24, 2.45) is 0 Å². The van der Waals surface area contributed by atoms with E-state index in [9.17, 15) is 28.7 Å². The fourth-order valence-corrected chi connectivity index (χ4v) is 4.85. The van der Waals surface area contributed by atoms with Crippen molar-refractivity contribution in [3.05, 3.63) is 70.9 Å². The van der Waals surface area contributed by atoms with Crippen LogP contribution < -0.4 is 10.6 Å². The number of rotatable bonds is 9. The first-order valence-corrected chi connectivity index (χ1v) is 13.8. The Morgan fingerprint density at radius 3 is 2.61 bits per heavy atom. The number of nitrogens with one attached hydrogen (secondary N) is 3. The van der Waals surface area contributed by atoms with Crippen LogP contribution in [-0.2, 0) is 14.4 Å². The molecule has 0 radical (unpaired) electrons. The van der Waals surface area contributed by atoms with Gasteiger partial charge in [-0.1, -0.05) is 11.6 Å². The summed E-state index contributed by atoms with van der Waals surface area (Å²) >= 11 is 5.96. The summed E-state index contributed by atoms with van der Waals surface area (Å²) in [5.41, 5.74) is 1.00. The number of halogens is 2. The number of carboxylic acid groups (broad SMARTS) is 1. The van der Waals surface area contributed by atoms with Gasteiger partial charge in [-0.25, -0.2) is 9.18 Å². The molecule has 0 saturated carbocycles. The second-order valence-electron chi connectivity index (χ2n) is 10.1. The van der Waals surface area contributed by atoms with Gasteiger partial charge in [0.05, 0.1) is 17.1 Å². The molecule has 3 amide bonds. The summed E-state index contributed by atoms with van der Waals surface area (Å²) < 4.78 is 16.1. The van der Waals surface area contributed by atoms with Crippen LogP contribution in [0.2, 0.25) is 5.02 Å². The monoisotopic (exact) mass is 623 g/mol. The van der Waals surface area contributed by atoms with Gasteiger partial charge in [0.1, 0.15) is 18.1 Å². The fraction of sp³-hybridized carbons (Fsp3) is 0.250. The molecule has 1 saturated heterocycles. The molecule has 0 aliphatic carbocycles. The Bertz CT molecular complexity index is 1750. The third-order valence-corrected chi connectivity index (χ3v) is 7.39. The molecule has 2 aromatic heterocycles. The number of aromatic carboxylic acids is 1. The first-order chi connectivity index (χ1) is 21.1. The predicted molar refractivity (Wildman–Crippen MR) is 158 cm³/mol. The average molecular weight is 624 g/mol. The molecule has 2 aromatic carbocycles. The Hall–Kier alpha value is -5.15. The molecule has 4 N–H and O–H groups in total. The quantitative estimate of drug-likeness (QED) is 0.203. The third-order valence-electron chi connectivity index (χ3n) is 7.09. The highest BCUT2D eigenvalue weighted by Gasteiger charge is 2.28. The number of aromatic nitrogens is 5. The minimum Gasteiger partial charge on any atom is -0.477 e. The van der Waals surface area contributed by atoms with Gasteiger partial charge >= 0.3 is 5.97 Å². The Kier molecular flexibility index (Phi) is 8.96. The largest absolute Gasteiger partial charge is 0.477 e. The molecule has 3 heterocycles. The van der Waals surface area contributed by atoms with E-state index in [1.165, 1.54) is 35.3 Å². The highest BCUT2D eigenvalue weighted by atomic mass is 35.5. The van der Waals surface area contributed by atoms with Crippen LogP contribution in [0.4, 0.5) is 10.1 Å². The molecule has 44 heavy (non-hydrogen) atoms. The topological polar surface area (TPSA) is 178 Å². The van der Waals surface area contributed by atoms with E-state index in [4.69, 9.17) is 11.6 Å². The maximum Gasteiger partial charge on any atom is 0.352 e. The lowest BCUT2D eigenvalue weighted by atomic mass is 10.1. The lowest BCUT2D eigenvalue weighted by molar-refractivity contribution is -0.135. The van der Waals surface area contributed by atoms with Gasteiger partial charge in [-0.2, -0.15) is 4.68 Å². The van der Waals surface area contributed by atoms with Crippen molar-refractivity contribution in [3.8, 4) is 5.69 Å². The van der Waals surface area contributed by atoms with Crippen LogP contribution in [0.25, 0.3) is 22.7 Å². The highest BCUT2D eigenvalue weighted by Crippen LogP contribution is 2.25. The molecule has 1 unspecified atom stereocenters. The van der Waals surface area contributed by atoms with Crippen molar-refractivity contribution >= 4 is 58.0 Å². The minimum absolute atomic E-state index is 0.0162. The zero-order valence-electron chi connectivity index (χ0n) is 23.3. The van der Waals surface area contributed by atoms with E-state index >= 15 is 0 Å². The number of nitrogens with zero attached hydrogens (tertiary/aromatic N) is 6. The summed E-state index contributed by atoms with van der Waals surface area (Å²) in [4.78, 5) is 57.4. The van der Waals surface area contributed by atoms with Crippen molar-refractivity contribution in [1.29, 1.82) is 0 Å². The second kappa shape index (κ2) is 13.0. The molecule has 1 aliphatic heterocycles. The molecule has 0 bridgehead atoms. The molecule has 1 atom stereocenters. The van der Waals surface area contributed by atoms with Crippen LogP contribution in [0.5, 0.6) is 0 Å². The molecule has 5 rings (SSSR count). The number of amides is 3. The summed E-state index contributed by atoms with van der Waals surface area (Å²) in [5.74, 6) is -3.71. The van der Waals surface area contributed by atoms with Crippen molar-refractivity contribution < 1.29 is 28.7 Å². The molecule has 4 aromatic rings. The number of piperazine rings is 1. The van der Waals surface area contributed by atoms with E-state index in [1.807, 2.05) is 7.05 Å². The Labute approximate surface area is 254 Å². The number of hydrogen-bond donors (Lipinski definition) is 4. The number of aromatic amines is 1. The van der Waals surface area contributed by atoms with Gasteiger partial charge in [0.25, 0.3) is 0 Å². The van der Waals surface area contributed by atoms with Crippen LogP contribution in [0, 0.1) is 5.82 Å². The molecule has 0 spiro atoms. The number of likely N-dealkylation sites (N-methyl/N-ethyl adjacent to an activating group) is 1. The van der Waals surface area contributed by atoms with Crippen LogP contribution in [-0.4, -0.2) is 103 Å². The Morgan fingerprint density at radius 2 is 1.91 bits per heavy atom. The Balaban J connectivity index is 1.36. The second-order valence-corrected chi connectivity index (χ2v) is 10.5. The van der Waals surface area contributed by atoms with E-state index in [0.29, 0.717) is 42.8 Å². The summed E-state index contributed by atoms with van der Waals surface area (Å²) in [6, 6.07) is 7.66. The van der Waals surface area contributed by atoms with Gasteiger partial charge < -0.3 is 30.5 Å². The van der Waals surface area contributed by atoms with E-state index in [1.54, 1.807) is 23.1 Å². The Morgan fingerprint density at radius 1 is 1.14 bits per heavy atom. The fourth-order valence-electron chi connectivity index (χ4n) is 4.69. The van der Waals surface area contributed by atoms with E-state index < -0.39 is 29.6 Å². The zero-order valence-corrected chi connectivity index (χ0v) is 24.1. The van der Waals surface area contributed by atoms with Crippen molar-refractivity contribution in [1.82, 2.24) is 40.3 Å². The van der Waals surface area contributed by atoms with Gasteiger partial charge in [0, 0.05) is 54.4 Å². The standard InChI is InChI=1S/C28H27ClFN9O5/c1-37-8-10-38(11-9-37)25(41)14-21(27(42)32-17-2-5-20-16(12-17)13-22(33-20)28(43)44)34-24(40)7-3-18-23(39-15-31-35-36-39)6-4-19(29)26(18)30/h2-7,12-13,15,21,33H,8-11,14H2,1H3,(H,32,42)(H,34,40)(H,43,44). The van der Waals surface area contributed by atoms with Crippen molar-refractivity contribution in [2.45, 2.75) is 12.5 Å². The molecule has 1 fully saturated rings. The molecule has 14 nitrogen and oxygen atoms in total. The average Bonchev–Trinajstić information content (AvgIpc) is 3.68. The van der Waals surface area contributed by atoms with E-state index in [0.717, 1.165) is 6.08 Å². The third kappa shape index (κ3) is 6.90. The number of fused-ring (bicyclic) bond motifs is 1. The van der Waals surface area contributed by atoms with Crippen LogP contribution in [0.1, 0.15) is 22.5 Å². The van der Waals surface area contributed by atoms with Gasteiger partial charge in [-0.05, 0) is 59.9 Å². The number of tetrazole rings is 1. The number of anilines is 1. The number of benzene rings is 2. The lowest BCUT2D eigenvalue weighted by Crippen LogP contribution is -2.51. The summed E-state index contributed by atoms with van der Waals surface area (Å²) in [7, 11) is 1.94. The molecular weight excluding hydrogens is 597 g/mol. The number of carbonyl (C=O) groups excluding carboxylic acids is 3. The number of carboxylic acids is 1. The smallest absolute Gasteiger partial charge is 0.352 e. The van der Waals surface area contributed by atoms with E-state index in [-0.39, 0.29) is 34.3 Å². The highest BCUT2D eigenvalue weighted by molar-refractivity contribution is 6.31. The SMILES string of the molecule is CN1CCN(C(=O)CC(NC(=O)C=Cc2c(-n3cnnn3)ccc(Cl)c2F)C(=O)Nc2ccc3[nH]c(C(=O)O)cc3c2)CC1. The molecule has 228 valence electrons. The van der Waals surface area contributed by atoms with E-state index in [2.05, 4.69) is 36.0 Å². The molecular formula is C28H27ClFN9O5.